The van der Waals surface area contributed by atoms with Gasteiger partial charge in [0.25, 0.3) is 0 Å². The molecule has 1 amide bonds. The van der Waals surface area contributed by atoms with Crippen LogP contribution in [0.25, 0.3) is 22.2 Å². The summed E-state index contributed by atoms with van der Waals surface area (Å²) in [6.45, 7) is 7.66. The number of ether oxygens (including phenoxy) is 3. The predicted molar refractivity (Wildman–Crippen MR) is 145 cm³/mol. The first-order valence-corrected chi connectivity index (χ1v) is 13.4. The zero-order valence-electron chi connectivity index (χ0n) is 21.9. The van der Waals surface area contributed by atoms with Gasteiger partial charge in [-0.2, -0.15) is 0 Å². The van der Waals surface area contributed by atoms with Gasteiger partial charge in [0.15, 0.2) is 0 Å². The predicted octanol–water partition coefficient (Wildman–Crippen LogP) is 6.91. The van der Waals surface area contributed by atoms with E-state index < -0.39 is 6.09 Å². The molecular formula is C29H37N3O5. The zero-order valence-corrected chi connectivity index (χ0v) is 21.9. The third kappa shape index (κ3) is 5.70. The topological polar surface area (TPSA) is 83.0 Å². The number of nitrogens with one attached hydrogen (secondary N) is 2. The number of rotatable bonds is 9. The van der Waals surface area contributed by atoms with Crippen LogP contribution in [0.5, 0.6) is 5.75 Å². The Kier molecular flexibility index (Phi) is 7.86. The van der Waals surface area contributed by atoms with Crippen LogP contribution in [0.3, 0.4) is 0 Å². The number of anilines is 2. The number of nitrogens with zero attached hydrogens (tertiary/aromatic N) is 1. The first-order valence-electron chi connectivity index (χ1n) is 13.4. The van der Waals surface area contributed by atoms with Gasteiger partial charge in [-0.3, -0.25) is 15.6 Å². The molecule has 0 bridgehead atoms. The Morgan fingerprint density at radius 2 is 1.84 bits per heavy atom. The van der Waals surface area contributed by atoms with Crippen LogP contribution in [-0.2, 0) is 14.3 Å². The van der Waals surface area contributed by atoms with E-state index in [0.717, 1.165) is 72.5 Å². The molecule has 37 heavy (non-hydrogen) atoms. The zero-order chi connectivity index (χ0) is 25.8. The fourth-order valence-electron chi connectivity index (χ4n) is 4.98. The van der Waals surface area contributed by atoms with Crippen molar-refractivity contribution in [3.8, 4) is 17.0 Å². The maximum atomic E-state index is 12.0. The highest BCUT2D eigenvalue weighted by Crippen LogP contribution is 2.46. The van der Waals surface area contributed by atoms with Gasteiger partial charge in [-0.05, 0) is 64.3 Å². The fraction of sp³-hybridized carbons (Fsp3) is 0.483. The van der Waals surface area contributed by atoms with E-state index in [1.807, 2.05) is 45.0 Å². The Morgan fingerprint density at radius 1 is 1.08 bits per heavy atom. The molecule has 198 valence electrons. The van der Waals surface area contributed by atoms with Gasteiger partial charge < -0.3 is 18.8 Å². The molecular weight excluding hydrogens is 470 g/mol. The number of carbonyl (C=O) groups is 1. The van der Waals surface area contributed by atoms with Crippen LogP contribution < -0.4 is 15.5 Å². The molecule has 0 unspecified atom stereocenters. The lowest BCUT2D eigenvalue weighted by Gasteiger charge is -2.30. The van der Waals surface area contributed by atoms with Gasteiger partial charge in [-0.25, -0.2) is 4.79 Å². The van der Waals surface area contributed by atoms with Crippen molar-refractivity contribution in [1.82, 2.24) is 4.57 Å². The second kappa shape index (κ2) is 11.4. The molecule has 1 aliphatic carbocycles. The van der Waals surface area contributed by atoms with Gasteiger partial charge in [0, 0.05) is 41.6 Å². The van der Waals surface area contributed by atoms with Crippen molar-refractivity contribution >= 4 is 28.4 Å². The normalized spacial score (nSPS) is 16.5. The summed E-state index contributed by atoms with van der Waals surface area (Å²) in [6.07, 6.45) is 4.86. The Bertz CT molecular complexity index is 1210. The molecule has 1 saturated carbocycles. The molecule has 8 nitrogen and oxygen atoms in total. The van der Waals surface area contributed by atoms with Crippen molar-refractivity contribution in [1.29, 1.82) is 0 Å². The molecule has 5 rings (SSSR count). The first-order chi connectivity index (χ1) is 18.0. The number of aromatic nitrogens is 1. The summed E-state index contributed by atoms with van der Waals surface area (Å²) in [6, 6.07) is 14.6. The molecule has 2 heterocycles. The first kappa shape index (κ1) is 25.4. The summed E-state index contributed by atoms with van der Waals surface area (Å²) < 4.78 is 19.5. The summed E-state index contributed by atoms with van der Waals surface area (Å²) in [5.41, 5.74) is 8.11. The Balaban J connectivity index is 1.53. The van der Waals surface area contributed by atoms with Gasteiger partial charge in [-0.1, -0.05) is 12.1 Å². The molecule has 2 aliphatic rings. The minimum absolute atomic E-state index is 0.176. The van der Waals surface area contributed by atoms with Gasteiger partial charge in [-0.15, -0.1) is 0 Å². The molecule has 3 aromatic rings. The second-order valence-corrected chi connectivity index (χ2v) is 9.98. The maximum Gasteiger partial charge on any atom is 0.411 e. The second-order valence-electron chi connectivity index (χ2n) is 9.98. The average Bonchev–Trinajstić information content (AvgIpc) is 3.15. The number of hydrogen-bond donors (Lipinski definition) is 2. The van der Waals surface area contributed by atoms with Crippen molar-refractivity contribution in [3.05, 3.63) is 42.5 Å². The van der Waals surface area contributed by atoms with Crippen molar-refractivity contribution in [2.75, 3.05) is 30.6 Å². The average molecular weight is 508 g/mol. The monoisotopic (exact) mass is 507 g/mol. The van der Waals surface area contributed by atoms with Crippen LogP contribution in [0.15, 0.2) is 42.5 Å². The Labute approximate surface area is 218 Å². The highest BCUT2D eigenvalue weighted by atomic mass is 16.6. The van der Waals surface area contributed by atoms with E-state index in [1.54, 1.807) is 0 Å². The van der Waals surface area contributed by atoms with E-state index in [4.69, 9.17) is 19.0 Å². The number of hydrogen-bond acceptors (Lipinski definition) is 6. The third-order valence-electron chi connectivity index (χ3n) is 6.95. The van der Waals surface area contributed by atoms with Crippen molar-refractivity contribution in [3.63, 3.8) is 0 Å². The number of amides is 1. The highest BCUT2D eigenvalue weighted by Gasteiger charge is 2.28. The number of carbonyl (C=O) groups excluding carboxylic acids is 1. The summed E-state index contributed by atoms with van der Waals surface area (Å²) in [4.78, 5) is 17.8. The molecule has 2 aromatic carbocycles. The molecule has 2 fully saturated rings. The molecule has 0 atom stereocenters. The minimum atomic E-state index is -0.456. The third-order valence-corrected chi connectivity index (χ3v) is 6.95. The van der Waals surface area contributed by atoms with E-state index in [0.29, 0.717) is 18.3 Å². The minimum Gasteiger partial charge on any atom is -0.490 e. The van der Waals surface area contributed by atoms with Crippen LogP contribution in [-0.4, -0.2) is 42.7 Å². The van der Waals surface area contributed by atoms with Gasteiger partial charge in [0.2, 0.25) is 0 Å². The molecule has 0 spiro atoms. The Hall–Kier alpha value is -3.23. The molecule has 0 radical (unpaired) electrons. The lowest BCUT2D eigenvalue weighted by molar-refractivity contribution is 0.0256. The SMILES string of the molecule is CCONc1c(-c2ccc(NC(=O)OC(C)C)cc2)n(C2CCC2)c2cc(OC3CCOCC3)ccc12. The maximum absolute atomic E-state index is 12.0. The summed E-state index contributed by atoms with van der Waals surface area (Å²) in [5.74, 6) is 0.884. The molecule has 1 aromatic heterocycles. The lowest BCUT2D eigenvalue weighted by atomic mass is 9.92. The van der Waals surface area contributed by atoms with Gasteiger partial charge >= 0.3 is 6.09 Å². The molecule has 2 N–H and O–H groups in total. The Morgan fingerprint density at radius 3 is 2.49 bits per heavy atom. The van der Waals surface area contributed by atoms with Gasteiger partial charge in [0.1, 0.15) is 11.9 Å². The van der Waals surface area contributed by atoms with Gasteiger partial charge in [0.05, 0.1) is 42.8 Å². The van der Waals surface area contributed by atoms with E-state index >= 15 is 0 Å². The van der Waals surface area contributed by atoms with E-state index in [9.17, 15) is 4.79 Å². The number of fused-ring (bicyclic) bond motifs is 1. The quantitative estimate of drug-likeness (QED) is 0.306. The highest BCUT2D eigenvalue weighted by molar-refractivity contribution is 6.02. The van der Waals surface area contributed by atoms with Crippen LogP contribution in [0, 0.1) is 0 Å². The van der Waals surface area contributed by atoms with Crippen LogP contribution in [0.1, 0.15) is 58.9 Å². The molecule has 1 aliphatic heterocycles. The summed E-state index contributed by atoms with van der Waals surface area (Å²) in [7, 11) is 0. The van der Waals surface area contributed by atoms with Crippen molar-refractivity contribution in [2.24, 2.45) is 0 Å². The van der Waals surface area contributed by atoms with E-state index in [1.165, 1.54) is 6.42 Å². The molecule has 8 heteroatoms. The van der Waals surface area contributed by atoms with E-state index in [2.05, 4.69) is 33.6 Å². The smallest absolute Gasteiger partial charge is 0.411 e. The summed E-state index contributed by atoms with van der Waals surface area (Å²) in [5, 5.41) is 3.89. The summed E-state index contributed by atoms with van der Waals surface area (Å²) >= 11 is 0. The van der Waals surface area contributed by atoms with Crippen molar-refractivity contribution < 1.29 is 23.8 Å². The molecule has 1 saturated heterocycles. The fourth-order valence-corrected chi connectivity index (χ4v) is 4.98. The lowest BCUT2D eigenvalue weighted by Crippen LogP contribution is -2.25. The van der Waals surface area contributed by atoms with Crippen molar-refractivity contribution in [2.45, 2.75) is 71.1 Å². The largest absolute Gasteiger partial charge is 0.490 e. The van der Waals surface area contributed by atoms with E-state index in [-0.39, 0.29) is 12.2 Å². The van der Waals surface area contributed by atoms with Crippen LogP contribution in [0.4, 0.5) is 16.2 Å². The van der Waals surface area contributed by atoms with Crippen LogP contribution in [0.2, 0.25) is 0 Å². The standard InChI is InChI=1S/C29H37N3O5/c1-4-35-31-27-25-13-12-24(37-23-14-16-34-17-15-23)18-26(25)32(22-6-5-7-22)28(27)20-8-10-21(11-9-20)30-29(33)36-19(2)3/h8-13,18-19,22-23,31H,4-7,14-17H2,1-3H3,(H,30,33). The van der Waals surface area contributed by atoms with Crippen LogP contribution >= 0.6 is 0 Å². The number of benzene rings is 2.